The Morgan fingerprint density at radius 1 is 1.00 bits per heavy atom. The molecule has 0 saturated heterocycles. The predicted octanol–water partition coefficient (Wildman–Crippen LogP) is 2.55. The molecular formula is C15H12N2O2. The van der Waals surface area contributed by atoms with E-state index in [9.17, 15) is 9.59 Å². The fourth-order valence-corrected chi connectivity index (χ4v) is 2.59. The number of amides is 2. The largest absolute Gasteiger partial charge is 0.351 e. The van der Waals surface area contributed by atoms with Crippen molar-refractivity contribution >= 4 is 23.7 Å². The number of urea groups is 1. The number of hydrogen-bond donors (Lipinski definition) is 1. The molecule has 0 bridgehead atoms. The molecule has 2 amide bonds. The maximum absolute atomic E-state index is 11.7. The second kappa shape index (κ2) is 4.24. The van der Waals surface area contributed by atoms with Gasteiger partial charge in [0, 0.05) is 0 Å². The summed E-state index contributed by atoms with van der Waals surface area (Å²) in [4.78, 5) is 24.6. The molecule has 1 aliphatic heterocycles. The molecule has 0 aliphatic carbocycles. The molecule has 0 saturated carbocycles. The van der Waals surface area contributed by atoms with Crippen LogP contribution in [0.15, 0.2) is 48.5 Å². The molecule has 0 aromatic heterocycles. The second-order valence-electron chi connectivity index (χ2n) is 4.41. The third kappa shape index (κ3) is 1.61. The third-order valence-corrected chi connectivity index (χ3v) is 3.38. The van der Waals surface area contributed by atoms with Crippen LogP contribution in [0.2, 0.25) is 0 Å². The zero-order chi connectivity index (χ0) is 13.4. The molecule has 2 aromatic carbocycles. The molecule has 19 heavy (non-hydrogen) atoms. The quantitative estimate of drug-likeness (QED) is 0.793. The summed E-state index contributed by atoms with van der Waals surface area (Å²) in [7, 11) is 0. The zero-order valence-corrected chi connectivity index (χ0v) is 10.1. The minimum Gasteiger partial charge on any atom is -0.351 e. The van der Waals surface area contributed by atoms with E-state index in [0.29, 0.717) is 11.4 Å². The first-order valence-corrected chi connectivity index (χ1v) is 5.96. The Morgan fingerprint density at radius 2 is 1.47 bits per heavy atom. The van der Waals surface area contributed by atoms with Crippen molar-refractivity contribution in [2.75, 3.05) is 4.90 Å². The van der Waals surface area contributed by atoms with Crippen LogP contribution in [0.3, 0.4) is 0 Å². The Labute approximate surface area is 110 Å². The molecule has 0 atom stereocenters. The van der Waals surface area contributed by atoms with Crippen LogP contribution in [0.1, 0.15) is 17.0 Å². The highest BCUT2D eigenvalue weighted by molar-refractivity contribution is 6.03. The van der Waals surface area contributed by atoms with Gasteiger partial charge in [-0.1, -0.05) is 36.4 Å². The average molecular weight is 252 g/mol. The van der Waals surface area contributed by atoms with Crippen LogP contribution in [0.4, 0.5) is 16.2 Å². The molecule has 0 spiro atoms. The number of carbonyl (C=O) groups excluding carboxylic acids is 2. The van der Waals surface area contributed by atoms with Gasteiger partial charge < -0.3 is 10.5 Å². The second-order valence-corrected chi connectivity index (χ2v) is 4.41. The maximum atomic E-state index is 11.7. The first-order chi connectivity index (χ1) is 9.24. The smallest absolute Gasteiger partial charge is 0.323 e. The average Bonchev–Trinajstić information content (AvgIpc) is 2.44. The fourth-order valence-electron chi connectivity index (χ4n) is 2.59. The predicted molar refractivity (Wildman–Crippen MR) is 72.5 cm³/mol. The van der Waals surface area contributed by atoms with Crippen molar-refractivity contribution in [2.45, 2.75) is 5.92 Å². The lowest BCUT2D eigenvalue weighted by Crippen LogP contribution is -2.35. The molecule has 0 radical (unpaired) electrons. The van der Waals surface area contributed by atoms with Gasteiger partial charge in [0.1, 0.15) is 6.29 Å². The van der Waals surface area contributed by atoms with E-state index in [0.717, 1.165) is 17.4 Å². The lowest BCUT2D eigenvalue weighted by atomic mass is 9.86. The summed E-state index contributed by atoms with van der Waals surface area (Å²) in [6.07, 6.45) is 0.899. The standard InChI is InChI=1S/C15H12N2O2/c16-15(19)17-13-7-3-1-5-10(13)12(9-18)11-6-2-4-8-14(11)17/h1-9,12H,(H2,16,19). The number of hydrogen-bond acceptors (Lipinski definition) is 2. The van der Waals surface area contributed by atoms with E-state index in [4.69, 9.17) is 5.73 Å². The topological polar surface area (TPSA) is 63.4 Å². The van der Waals surface area contributed by atoms with Crippen molar-refractivity contribution in [3.63, 3.8) is 0 Å². The molecule has 94 valence electrons. The number of benzene rings is 2. The Hall–Kier alpha value is -2.62. The van der Waals surface area contributed by atoms with Crippen molar-refractivity contribution in [3.05, 3.63) is 59.7 Å². The summed E-state index contributed by atoms with van der Waals surface area (Å²) in [6, 6.07) is 14.1. The van der Waals surface area contributed by atoms with Gasteiger partial charge in [-0.15, -0.1) is 0 Å². The molecule has 4 nitrogen and oxygen atoms in total. The molecule has 3 rings (SSSR count). The summed E-state index contributed by atoms with van der Waals surface area (Å²) >= 11 is 0. The number of aldehydes is 1. The van der Waals surface area contributed by atoms with Crippen LogP contribution in [0.25, 0.3) is 0 Å². The normalized spacial score (nSPS) is 13.6. The minimum absolute atomic E-state index is 0.358. The van der Waals surface area contributed by atoms with Gasteiger partial charge in [0.15, 0.2) is 0 Å². The monoisotopic (exact) mass is 252 g/mol. The van der Waals surface area contributed by atoms with E-state index >= 15 is 0 Å². The number of rotatable bonds is 1. The highest BCUT2D eigenvalue weighted by Gasteiger charge is 2.31. The fraction of sp³-hybridized carbons (Fsp3) is 0.0667. The van der Waals surface area contributed by atoms with Gasteiger partial charge in [-0.3, -0.25) is 4.90 Å². The van der Waals surface area contributed by atoms with E-state index in [2.05, 4.69) is 0 Å². The lowest BCUT2D eigenvalue weighted by Gasteiger charge is -2.33. The van der Waals surface area contributed by atoms with E-state index < -0.39 is 6.03 Å². The Morgan fingerprint density at radius 3 is 1.89 bits per heavy atom. The highest BCUT2D eigenvalue weighted by atomic mass is 16.2. The molecule has 4 heteroatoms. The lowest BCUT2D eigenvalue weighted by molar-refractivity contribution is -0.108. The molecular weight excluding hydrogens is 240 g/mol. The molecule has 0 fully saturated rings. The number of nitrogens with two attached hydrogens (primary N) is 1. The SMILES string of the molecule is NC(=O)N1c2ccccc2C(C=O)c2ccccc21. The summed E-state index contributed by atoms with van der Waals surface area (Å²) in [5.41, 5.74) is 8.43. The van der Waals surface area contributed by atoms with E-state index in [1.54, 1.807) is 12.1 Å². The van der Waals surface area contributed by atoms with E-state index in [1.165, 1.54) is 4.90 Å². The molecule has 2 N–H and O–H groups in total. The Balaban J connectivity index is 2.32. The number of nitrogens with zero attached hydrogens (tertiary/aromatic N) is 1. The van der Waals surface area contributed by atoms with Gasteiger partial charge in [-0.25, -0.2) is 4.79 Å². The van der Waals surface area contributed by atoms with E-state index in [-0.39, 0.29) is 5.92 Å². The highest BCUT2D eigenvalue weighted by Crippen LogP contribution is 2.44. The van der Waals surface area contributed by atoms with E-state index in [1.807, 2.05) is 36.4 Å². The van der Waals surface area contributed by atoms with Gasteiger partial charge in [0.2, 0.25) is 0 Å². The molecule has 1 heterocycles. The number of carbonyl (C=O) groups is 2. The summed E-state index contributed by atoms with van der Waals surface area (Å²) < 4.78 is 0. The van der Waals surface area contributed by atoms with Crippen molar-refractivity contribution in [3.8, 4) is 0 Å². The van der Waals surface area contributed by atoms with Crippen LogP contribution in [-0.4, -0.2) is 12.3 Å². The first kappa shape index (κ1) is 11.5. The van der Waals surface area contributed by atoms with Crippen molar-refractivity contribution in [1.82, 2.24) is 0 Å². The zero-order valence-electron chi connectivity index (χ0n) is 10.1. The van der Waals surface area contributed by atoms with Gasteiger partial charge in [-0.2, -0.15) is 0 Å². The van der Waals surface area contributed by atoms with Crippen LogP contribution >= 0.6 is 0 Å². The van der Waals surface area contributed by atoms with Crippen LogP contribution < -0.4 is 10.6 Å². The minimum atomic E-state index is -0.552. The molecule has 0 unspecified atom stereocenters. The summed E-state index contributed by atoms with van der Waals surface area (Å²) in [5, 5.41) is 0. The number of para-hydroxylation sites is 2. The van der Waals surface area contributed by atoms with Crippen molar-refractivity contribution in [2.24, 2.45) is 5.73 Å². The Bertz CT molecular complexity index is 619. The maximum Gasteiger partial charge on any atom is 0.323 e. The number of fused-ring (bicyclic) bond motifs is 2. The van der Waals surface area contributed by atoms with Crippen molar-refractivity contribution in [1.29, 1.82) is 0 Å². The van der Waals surface area contributed by atoms with Crippen LogP contribution in [-0.2, 0) is 4.79 Å². The molecule has 2 aromatic rings. The Kier molecular flexibility index (Phi) is 2.56. The van der Waals surface area contributed by atoms with Gasteiger partial charge >= 0.3 is 6.03 Å². The number of anilines is 2. The first-order valence-electron chi connectivity index (χ1n) is 5.96. The van der Waals surface area contributed by atoms with Gasteiger partial charge in [-0.05, 0) is 23.3 Å². The molecule has 1 aliphatic rings. The summed E-state index contributed by atoms with van der Waals surface area (Å²) in [6.45, 7) is 0. The number of primary amides is 1. The van der Waals surface area contributed by atoms with Gasteiger partial charge in [0.25, 0.3) is 0 Å². The van der Waals surface area contributed by atoms with Crippen molar-refractivity contribution < 1.29 is 9.59 Å². The third-order valence-electron chi connectivity index (χ3n) is 3.38. The van der Waals surface area contributed by atoms with Gasteiger partial charge in [0.05, 0.1) is 17.3 Å². The van der Waals surface area contributed by atoms with Crippen LogP contribution in [0, 0.1) is 0 Å². The summed E-state index contributed by atoms with van der Waals surface area (Å²) in [5.74, 6) is -0.358. The van der Waals surface area contributed by atoms with Crippen LogP contribution in [0.5, 0.6) is 0 Å².